The molecule has 0 heterocycles. The van der Waals surface area contributed by atoms with Crippen LogP contribution in [0.2, 0.25) is 0 Å². The van der Waals surface area contributed by atoms with E-state index >= 15 is 0 Å². The van der Waals surface area contributed by atoms with Gasteiger partial charge in [0.2, 0.25) is 0 Å². The van der Waals surface area contributed by atoms with Crippen molar-refractivity contribution in [1.29, 1.82) is 0 Å². The number of hydrogen-bond donors (Lipinski definition) is 0. The molecule has 0 aromatic rings. The van der Waals surface area contributed by atoms with Crippen molar-refractivity contribution in [3.63, 3.8) is 0 Å². The molecule has 0 aliphatic rings. The Kier molecular flexibility index (Phi) is 5240. The van der Waals surface area contributed by atoms with Crippen LogP contribution in [0.4, 0.5) is 28.2 Å². The zero-order valence-electron chi connectivity index (χ0n) is 4.45. The summed E-state index contributed by atoms with van der Waals surface area (Å²) in [5.41, 5.74) is 0. The fourth-order valence-corrected chi connectivity index (χ4v) is 0. The Labute approximate surface area is 97.0 Å². The molecule has 0 atom stereocenters. The average molecular weight is 190 g/mol. The van der Waals surface area contributed by atoms with E-state index in [-0.39, 0.29) is 98.4 Å². The fraction of sp³-hybridized carbons (Fsp3) is 0. The summed E-state index contributed by atoms with van der Waals surface area (Å²) in [5, 5.41) is 0. The zero-order chi connectivity index (χ0) is 0. The van der Waals surface area contributed by atoms with Crippen molar-refractivity contribution in [2.45, 2.75) is 0 Å². The molecule has 8 heteroatoms. The molecule has 0 bridgehead atoms. The molecular weight excluding hydrogens is 180 g/mol. The number of halogens is 6. The van der Waals surface area contributed by atoms with Crippen molar-refractivity contribution >= 4 is 17.4 Å². The van der Waals surface area contributed by atoms with Crippen LogP contribution in [0.25, 0.3) is 0 Å². The van der Waals surface area contributed by atoms with Crippen LogP contribution in [0, 0.1) is 0 Å². The minimum atomic E-state index is 0. The molecule has 0 aromatic heterocycles. The van der Waals surface area contributed by atoms with E-state index in [1.165, 1.54) is 0 Å². The van der Waals surface area contributed by atoms with Crippen molar-refractivity contribution in [3.05, 3.63) is 0 Å². The second kappa shape index (κ2) is 172. The standard InChI is InChI=1S/Al.6FH.K.4H/h;6*1H;;;;;/q;;;;;;;+1;;;;-1. The third kappa shape index (κ3) is 115. The van der Waals surface area contributed by atoms with Crippen molar-refractivity contribution in [1.82, 2.24) is 0 Å². The summed E-state index contributed by atoms with van der Waals surface area (Å²) < 4.78 is 0. The predicted octanol–water partition coefficient (Wildman–Crippen LogP) is -3.15. The first kappa shape index (κ1) is 244. The minimum absolute atomic E-state index is 0. The minimum Gasteiger partial charge on any atom is -1.00 e. The van der Waals surface area contributed by atoms with Crippen LogP contribution in [0.15, 0.2) is 0 Å². The van der Waals surface area contributed by atoms with Gasteiger partial charge >= 0.3 is 51.4 Å². The van der Waals surface area contributed by atoms with Crippen LogP contribution in [0.3, 0.4) is 0 Å². The number of rotatable bonds is 0. The molecule has 0 spiro atoms. The van der Waals surface area contributed by atoms with E-state index in [1.54, 1.807) is 0 Å². The Morgan fingerprint density at radius 3 is 0.500 bits per heavy atom. The van der Waals surface area contributed by atoms with Crippen molar-refractivity contribution in [3.8, 4) is 0 Å². The molecule has 56 valence electrons. The fourth-order valence-electron chi connectivity index (χ4n) is 0. The van der Waals surface area contributed by atoms with Gasteiger partial charge < -0.3 is 1.43 Å². The quantitative estimate of drug-likeness (QED) is 0.279. The number of hydrogen-bond acceptors (Lipinski definition) is 0. The molecular formula is H10AlF6K. The predicted molar refractivity (Wildman–Crippen MR) is 26.1 cm³/mol. The molecule has 0 nitrogen and oxygen atoms in total. The smallest absolute Gasteiger partial charge is 1.00 e. The van der Waals surface area contributed by atoms with Gasteiger partial charge in [-0.25, -0.2) is 0 Å². The second-order valence-corrected chi connectivity index (χ2v) is 0. The summed E-state index contributed by atoms with van der Waals surface area (Å²) >= 11 is 0. The molecule has 0 rings (SSSR count). The van der Waals surface area contributed by atoms with Gasteiger partial charge in [0.05, 0.1) is 0 Å². The maximum absolute atomic E-state index is 0. The molecule has 0 amide bonds. The third-order valence-corrected chi connectivity index (χ3v) is 0. The SMILES string of the molecule is F.F.F.F.F.F.[AlH3].[H-].[K+]. The molecule has 0 aromatic carbocycles. The summed E-state index contributed by atoms with van der Waals surface area (Å²) in [6.45, 7) is 0. The van der Waals surface area contributed by atoms with Crippen molar-refractivity contribution in [2.75, 3.05) is 0 Å². The van der Waals surface area contributed by atoms with Gasteiger partial charge in [-0.3, -0.25) is 28.2 Å². The average Bonchev–Trinajstić information content (AvgIpc) is 0. The van der Waals surface area contributed by atoms with E-state index in [4.69, 9.17) is 0 Å². The van der Waals surface area contributed by atoms with E-state index in [0.717, 1.165) is 0 Å². The van der Waals surface area contributed by atoms with Gasteiger partial charge in [-0.1, -0.05) is 0 Å². The maximum Gasteiger partial charge on any atom is 1.00 e. The van der Waals surface area contributed by atoms with Gasteiger partial charge in [0.25, 0.3) is 0 Å². The van der Waals surface area contributed by atoms with Gasteiger partial charge in [-0.2, -0.15) is 0 Å². The molecule has 0 radical (unpaired) electrons. The van der Waals surface area contributed by atoms with Crippen LogP contribution < -0.4 is 51.4 Å². The molecule has 0 aliphatic carbocycles. The molecule has 0 saturated carbocycles. The molecule has 0 fully saturated rings. The topological polar surface area (TPSA) is 0 Å². The van der Waals surface area contributed by atoms with Crippen LogP contribution in [-0.2, 0) is 0 Å². The van der Waals surface area contributed by atoms with Gasteiger partial charge in [-0.15, -0.1) is 0 Å². The molecule has 0 aliphatic heterocycles. The summed E-state index contributed by atoms with van der Waals surface area (Å²) in [5.74, 6) is 0. The Balaban J connectivity index is 0. The van der Waals surface area contributed by atoms with E-state index in [9.17, 15) is 0 Å². The van der Waals surface area contributed by atoms with Crippen LogP contribution in [0.1, 0.15) is 1.43 Å². The van der Waals surface area contributed by atoms with Crippen LogP contribution in [-0.4, -0.2) is 17.4 Å². The summed E-state index contributed by atoms with van der Waals surface area (Å²) in [4.78, 5) is 0. The molecule has 8 heavy (non-hydrogen) atoms. The Bertz CT molecular complexity index is 13.0. The second-order valence-electron chi connectivity index (χ2n) is 0. The normalized spacial score (nSPS) is 0. The Morgan fingerprint density at radius 2 is 0.500 bits per heavy atom. The zero-order valence-corrected chi connectivity index (χ0v) is 6.57. The first-order valence-corrected chi connectivity index (χ1v) is 0. The summed E-state index contributed by atoms with van der Waals surface area (Å²) in [6, 6.07) is 0. The van der Waals surface area contributed by atoms with Gasteiger partial charge in [0.15, 0.2) is 17.4 Å². The molecule has 0 unspecified atom stereocenters. The van der Waals surface area contributed by atoms with E-state index in [2.05, 4.69) is 0 Å². The van der Waals surface area contributed by atoms with Gasteiger partial charge in [-0.05, 0) is 0 Å². The van der Waals surface area contributed by atoms with Crippen LogP contribution in [0.5, 0.6) is 0 Å². The first-order chi connectivity index (χ1) is 0. The van der Waals surface area contributed by atoms with Gasteiger partial charge in [0.1, 0.15) is 0 Å². The Morgan fingerprint density at radius 1 is 0.500 bits per heavy atom. The third-order valence-electron chi connectivity index (χ3n) is 0. The molecule has 0 N–H and O–H groups in total. The summed E-state index contributed by atoms with van der Waals surface area (Å²) in [6.07, 6.45) is 0. The first-order valence-electron chi connectivity index (χ1n) is 0. The van der Waals surface area contributed by atoms with Crippen molar-refractivity contribution in [2.24, 2.45) is 0 Å². The van der Waals surface area contributed by atoms with Crippen LogP contribution >= 0.6 is 0 Å². The van der Waals surface area contributed by atoms with Crippen molar-refractivity contribution < 1.29 is 81.0 Å². The molecule has 0 saturated heterocycles. The van der Waals surface area contributed by atoms with E-state index in [1.807, 2.05) is 0 Å². The van der Waals surface area contributed by atoms with Gasteiger partial charge in [0, 0.05) is 0 Å². The largest absolute Gasteiger partial charge is 1.00 e. The summed E-state index contributed by atoms with van der Waals surface area (Å²) in [7, 11) is 0. The van der Waals surface area contributed by atoms with E-state index < -0.39 is 0 Å². The maximum atomic E-state index is 0. The van der Waals surface area contributed by atoms with E-state index in [0.29, 0.717) is 0 Å². The Hall–Kier alpha value is 1.75. The monoisotopic (exact) mass is 190 g/mol.